The Hall–Kier alpha value is -1.95. The number of rotatable bonds is 4. The number of benzene rings is 1. The first-order chi connectivity index (χ1) is 9.62. The summed E-state index contributed by atoms with van der Waals surface area (Å²) < 4.78 is 20.7. The predicted molar refractivity (Wildman–Crippen MR) is 70.1 cm³/mol. The SMILES string of the molecule is COC(=O)C[C@@H]1COc2c(OC)ccc(OC)c2[C@H]1O. The van der Waals surface area contributed by atoms with Gasteiger partial charge >= 0.3 is 5.97 Å². The molecule has 1 aliphatic heterocycles. The zero-order valence-electron chi connectivity index (χ0n) is 11.7. The molecule has 0 unspecified atom stereocenters. The molecule has 1 aliphatic rings. The van der Waals surface area contributed by atoms with Gasteiger partial charge in [-0.25, -0.2) is 0 Å². The molecule has 0 aromatic heterocycles. The van der Waals surface area contributed by atoms with E-state index in [9.17, 15) is 9.90 Å². The Labute approximate surface area is 117 Å². The van der Waals surface area contributed by atoms with E-state index in [1.165, 1.54) is 21.3 Å². The summed E-state index contributed by atoms with van der Waals surface area (Å²) in [5.41, 5.74) is 0.506. The van der Waals surface area contributed by atoms with Gasteiger partial charge in [0.15, 0.2) is 11.5 Å². The van der Waals surface area contributed by atoms with E-state index in [0.29, 0.717) is 22.8 Å². The Kier molecular flexibility index (Phi) is 4.34. The highest BCUT2D eigenvalue weighted by molar-refractivity contribution is 5.70. The first-order valence-corrected chi connectivity index (χ1v) is 6.24. The summed E-state index contributed by atoms with van der Waals surface area (Å²) in [4.78, 5) is 11.4. The van der Waals surface area contributed by atoms with E-state index < -0.39 is 6.10 Å². The molecule has 0 saturated heterocycles. The van der Waals surface area contributed by atoms with Crippen molar-refractivity contribution in [2.24, 2.45) is 5.92 Å². The van der Waals surface area contributed by atoms with Crippen molar-refractivity contribution in [2.75, 3.05) is 27.9 Å². The van der Waals surface area contributed by atoms with Gasteiger partial charge in [-0.3, -0.25) is 4.79 Å². The molecule has 0 bridgehead atoms. The van der Waals surface area contributed by atoms with Crippen molar-refractivity contribution in [1.29, 1.82) is 0 Å². The number of carbonyl (C=O) groups excluding carboxylic acids is 1. The topological polar surface area (TPSA) is 74.2 Å². The zero-order chi connectivity index (χ0) is 14.7. The Morgan fingerprint density at radius 2 is 1.95 bits per heavy atom. The third kappa shape index (κ3) is 2.51. The molecular weight excluding hydrogens is 264 g/mol. The van der Waals surface area contributed by atoms with E-state index in [4.69, 9.17) is 14.2 Å². The third-order valence-electron chi connectivity index (χ3n) is 3.40. The van der Waals surface area contributed by atoms with Crippen molar-refractivity contribution in [2.45, 2.75) is 12.5 Å². The standard InChI is InChI=1S/C14H18O6/c1-17-9-4-5-10(18-2)14-12(9)13(16)8(7-20-14)6-11(15)19-3/h4-5,8,13,16H,6-7H2,1-3H3/t8-,13+/m1/s1. The first-order valence-electron chi connectivity index (χ1n) is 6.24. The maximum absolute atomic E-state index is 11.4. The molecule has 0 amide bonds. The van der Waals surface area contributed by atoms with Crippen LogP contribution in [0.4, 0.5) is 0 Å². The van der Waals surface area contributed by atoms with Gasteiger partial charge in [0, 0.05) is 5.92 Å². The number of carbonyl (C=O) groups is 1. The lowest BCUT2D eigenvalue weighted by Crippen LogP contribution is -2.29. The zero-order valence-corrected chi connectivity index (χ0v) is 11.7. The molecule has 2 atom stereocenters. The minimum Gasteiger partial charge on any atom is -0.496 e. The molecule has 0 saturated carbocycles. The molecule has 6 nitrogen and oxygen atoms in total. The Balaban J connectivity index is 2.36. The smallest absolute Gasteiger partial charge is 0.306 e. The van der Waals surface area contributed by atoms with Crippen LogP contribution in [0.3, 0.4) is 0 Å². The number of aliphatic hydroxyl groups is 1. The summed E-state index contributed by atoms with van der Waals surface area (Å²) in [6, 6.07) is 3.41. The monoisotopic (exact) mass is 282 g/mol. The van der Waals surface area contributed by atoms with Gasteiger partial charge in [-0.2, -0.15) is 0 Å². The Morgan fingerprint density at radius 1 is 1.30 bits per heavy atom. The summed E-state index contributed by atoms with van der Waals surface area (Å²) in [5.74, 6) is 0.721. The summed E-state index contributed by atoms with van der Waals surface area (Å²) >= 11 is 0. The van der Waals surface area contributed by atoms with Crippen LogP contribution in [0, 0.1) is 5.92 Å². The van der Waals surface area contributed by atoms with Crippen molar-refractivity contribution >= 4 is 5.97 Å². The molecule has 1 aromatic carbocycles. The van der Waals surface area contributed by atoms with Crippen molar-refractivity contribution in [3.63, 3.8) is 0 Å². The predicted octanol–water partition coefficient (Wildman–Crippen LogP) is 1.31. The highest BCUT2D eigenvalue weighted by atomic mass is 16.5. The minimum atomic E-state index is -0.872. The number of ether oxygens (including phenoxy) is 4. The van der Waals surface area contributed by atoms with Crippen LogP contribution in [-0.4, -0.2) is 39.0 Å². The van der Waals surface area contributed by atoms with Gasteiger partial charge < -0.3 is 24.1 Å². The van der Waals surface area contributed by atoms with Crippen LogP contribution in [0.2, 0.25) is 0 Å². The molecule has 20 heavy (non-hydrogen) atoms. The average molecular weight is 282 g/mol. The number of hydrogen-bond donors (Lipinski definition) is 1. The van der Waals surface area contributed by atoms with Crippen LogP contribution in [0.25, 0.3) is 0 Å². The molecule has 0 aliphatic carbocycles. The van der Waals surface area contributed by atoms with E-state index in [-0.39, 0.29) is 24.9 Å². The highest BCUT2D eigenvalue weighted by Gasteiger charge is 2.35. The van der Waals surface area contributed by atoms with Crippen LogP contribution in [-0.2, 0) is 9.53 Å². The third-order valence-corrected chi connectivity index (χ3v) is 3.40. The molecule has 2 rings (SSSR count). The number of fused-ring (bicyclic) bond motifs is 1. The molecule has 0 fully saturated rings. The summed E-state index contributed by atoms with van der Waals surface area (Å²) in [6.07, 6.45) is -0.791. The Bertz CT molecular complexity index is 499. The summed E-state index contributed by atoms with van der Waals surface area (Å²) in [6.45, 7) is 0.215. The number of methoxy groups -OCH3 is 3. The molecule has 1 N–H and O–H groups in total. The largest absolute Gasteiger partial charge is 0.496 e. The number of aliphatic hydroxyl groups excluding tert-OH is 1. The van der Waals surface area contributed by atoms with Crippen LogP contribution in [0.15, 0.2) is 12.1 Å². The lowest BCUT2D eigenvalue weighted by molar-refractivity contribution is -0.143. The molecule has 110 valence electrons. The van der Waals surface area contributed by atoms with Crippen LogP contribution >= 0.6 is 0 Å². The fourth-order valence-electron chi connectivity index (χ4n) is 2.31. The second-order valence-electron chi connectivity index (χ2n) is 4.51. The van der Waals surface area contributed by atoms with Crippen LogP contribution in [0.5, 0.6) is 17.2 Å². The second kappa shape index (κ2) is 6.00. The van der Waals surface area contributed by atoms with E-state index in [1.54, 1.807) is 12.1 Å². The van der Waals surface area contributed by atoms with E-state index in [0.717, 1.165) is 0 Å². The summed E-state index contributed by atoms with van der Waals surface area (Å²) in [5, 5.41) is 10.5. The van der Waals surface area contributed by atoms with Gasteiger partial charge in [-0.1, -0.05) is 0 Å². The minimum absolute atomic E-state index is 0.0808. The lowest BCUT2D eigenvalue weighted by atomic mass is 9.90. The molecule has 1 heterocycles. The first kappa shape index (κ1) is 14.5. The van der Waals surface area contributed by atoms with E-state index >= 15 is 0 Å². The summed E-state index contributed by atoms with van der Waals surface area (Å²) in [7, 11) is 4.35. The van der Waals surface area contributed by atoms with Gasteiger partial charge in [-0.05, 0) is 12.1 Å². The van der Waals surface area contributed by atoms with E-state index in [2.05, 4.69) is 4.74 Å². The fourth-order valence-corrected chi connectivity index (χ4v) is 2.31. The van der Waals surface area contributed by atoms with Crippen molar-refractivity contribution < 1.29 is 28.8 Å². The fraction of sp³-hybridized carbons (Fsp3) is 0.500. The van der Waals surface area contributed by atoms with Gasteiger partial charge in [0.25, 0.3) is 0 Å². The van der Waals surface area contributed by atoms with Gasteiger partial charge in [-0.15, -0.1) is 0 Å². The van der Waals surface area contributed by atoms with Gasteiger partial charge in [0.05, 0.1) is 46.0 Å². The maximum atomic E-state index is 11.4. The van der Waals surface area contributed by atoms with Crippen LogP contribution in [0.1, 0.15) is 18.1 Å². The Morgan fingerprint density at radius 3 is 2.55 bits per heavy atom. The normalized spacial score (nSPS) is 20.6. The maximum Gasteiger partial charge on any atom is 0.306 e. The second-order valence-corrected chi connectivity index (χ2v) is 4.51. The quantitative estimate of drug-likeness (QED) is 0.839. The highest BCUT2D eigenvalue weighted by Crippen LogP contribution is 2.47. The average Bonchev–Trinajstić information content (AvgIpc) is 2.48. The molecular formula is C14H18O6. The van der Waals surface area contributed by atoms with Crippen LogP contribution < -0.4 is 14.2 Å². The lowest BCUT2D eigenvalue weighted by Gasteiger charge is -2.31. The van der Waals surface area contributed by atoms with Crippen molar-refractivity contribution in [3.8, 4) is 17.2 Å². The van der Waals surface area contributed by atoms with E-state index in [1.807, 2.05) is 0 Å². The number of esters is 1. The van der Waals surface area contributed by atoms with Crippen molar-refractivity contribution in [3.05, 3.63) is 17.7 Å². The van der Waals surface area contributed by atoms with Crippen molar-refractivity contribution in [1.82, 2.24) is 0 Å². The van der Waals surface area contributed by atoms with Gasteiger partial charge in [0.2, 0.25) is 0 Å². The van der Waals surface area contributed by atoms with Gasteiger partial charge in [0.1, 0.15) is 5.75 Å². The molecule has 0 radical (unpaired) electrons. The number of hydrogen-bond acceptors (Lipinski definition) is 6. The molecule has 0 spiro atoms. The molecule has 6 heteroatoms. The molecule has 1 aromatic rings.